The van der Waals surface area contributed by atoms with Crippen LogP contribution >= 0.6 is 12.6 Å². The first-order valence-corrected chi connectivity index (χ1v) is 4.29. The van der Waals surface area contributed by atoms with Crippen LogP contribution in [0.1, 0.15) is 15.9 Å². The molecule has 0 aliphatic rings. The van der Waals surface area contributed by atoms with Gasteiger partial charge in [0.2, 0.25) is 0 Å². The summed E-state index contributed by atoms with van der Waals surface area (Å²) in [5.41, 5.74) is 0.765. The highest BCUT2D eigenvalue weighted by Crippen LogP contribution is 2.17. The third-order valence-corrected chi connectivity index (χ3v) is 1.66. The summed E-state index contributed by atoms with van der Waals surface area (Å²) >= 11 is 3.92. The minimum Gasteiger partial charge on any atom is -0.507 e. The molecule has 0 radical (unpaired) electrons. The molecule has 2 nitrogen and oxygen atoms in total. The van der Waals surface area contributed by atoms with E-state index in [0.29, 0.717) is 17.6 Å². The molecule has 0 aliphatic carbocycles. The maximum absolute atomic E-state index is 10.6. The van der Waals surface area contributed by atoms with Crippen molar-refractivity contribution in [2.24, 2.45) is 0 Å². The molecule has 0 fully saturated rings. The summed E-state index contributed by atoms with van der Waals surface area (Å²) in [5.74, 6) is 5.83. The van der Waals surface area contributed by atoms with E-state index in [1.165, 1.54) is 6.07 Å². The second kappa shape index (κ2) is 4.58. The average Bonchev–Trinajstić information content (AvgIpc) is 2.15. The number of benzene rings is 1. The Morgan fingerprint density at radius 2 is 2.31 bits per heavy atom. The molecule has 0 saturated carbocycles. The third kappa shape index (κ3) is 2.27. The van der Waals surface area contributed by atoms with Crippen LogP contribution in [0.2, 0.25) is 0 Å². The van der Waals surface area contributed by atoms with Gasteiger partial charge < -0.3 is 5.11 Å². The number of aldehydes is 1. The highest BCUT2D eigenvalue weighted by Gasteiger charge is 2.02. The molecular formula is C10H8O2S. The van der Waals surface area contributed by atoms with Crippen molar-refractivity contribution >= 4 is 18.9 Å². The first-order valence-electron chi connectivity index (χ1n) is 3.66. The predicted molar refractivity (Wildman–Crippen MR) is 54.2 cm³/mol. The molecule has 1 N–H and O–H groups in total. The molecule has 0 bridgehead atoms. The fourth-order valence-corrected chi connectivity index (χ4v) is 1.000. The van der Waals surface area contributed by atoms with Gasteiger partial charge in [-0.2, -0.15) is 12.6 Å². The lowest BCUT2D eigenvalue weighted by molar-refractivity contribution is 0.112. The molecule has 1 rings (SSSR count). The minimum atomic E-state index is -0.0408. The fraction of sp³-hybridized carbons (Fsp3) is 0.100. The topological polar surface area (TPSA) is 37.3 Å². The first kappa shape index (κ1) is 9.69. The second-order valence-corrected chi connectivity index (χ2v) is 2.63. The molecule has 13 heavy (non-hydrogen) atoms. The van der Waals surface area contributed by atoms with E-state index in [1.807, 2.05) is 0 Å². The fourth-order valence-electron chi connectivity index (χ4n) is 0.921. The zero-order valence-corrected chi connectivity index (χ0v) is 7.71. The van der Waals surface area contributed by atoms with Gasteiger partial charge in [0, 0.05) is 5.56 Å². The van der Waals surface area contributed by atoms with Crippen LogP contribution in [0.15, 0.2) is 18.2 Å². The number of phenols is 1. The van der Waals surface area contributed by atoms with E-state index < -0.39 is 0 Å². The maximum atomic E-state index is 10.6. The Morgan fingerprint density at radius 3 is 2.92 bits per heavy atom. The van der Waals surface area contributed by atoms with Gasteiger partial charge in [-0.25, -0.2) is 0 Å². The Bertz CT molecular complexity index is 374. The van der Waals surface area contributed by atoms with Crippen molar-refractivity contribution in [2.75, 3.05) is 5.75 Å². The van der Waals surface area contributed by atoms with Gasteiger partial charge in [-0.05, 0) is 12.1 Å². The molecule has 0 amide bonds. The van der Waals surface area contributed by atoms with Gasteiger partial charge >= 0.3 is 0 Å². The zero-order valence-electron chi connectivity index (χ0n) is 6.82. The van der Waals surface area contributed by atoms with Gasteiger partial charge in [-0.15, -0.1) is 0 Å². The molecule has 0 saturated heterocycles. The maximum Gasteiger partial charge on any atom is 0.155 e. The van der Waals surface area contributed by atoms with E-state index in [0.717, 1.165) is 0 Å². The monoisotopic (exact) mass is 192 g/mol. The molecule has 1 aromatic rings. The van der Waals surface area contributed by atoms with Crippen molar-refractivity contribution < 1.29 is 9.90 Å². The molecule has 0 atom stereocenters. The molecule has 1 aromatic carbocycles. The smallest absolute Gasteiger partial charge is 0.155 e. The van der Waals surface area contributed by atoms with Crippen molar-refractivity contribution in [1.29, 1.82) is 0 Å². The van der Waals surface area contributed by atoms with Crippen LogP contribution in [0.4, 0.5) is 0 Å². The molecule has 0 unspecified atom stereocenters. The van der Waals surface area contributed by atoms with Crippen molar-refractivity contribution in [3.8, 4) is 17.6 Å². The van der Waals surface area contributed by atoms with E-state index >= 15 is 0 Å². The summed E-state index contributed by atoms with van der Waals surface area (Å²) in [6, 6.07) is 4.78. The molecule has 0 aromatic heterocycles. The number of hydrogen-bond donors (Lipinski definition) is 2. The second-order valence-electron chi connectivity index (χ2n) is 2.32. The summed E-state index contributed by atoms with van der Waals surface area (Å²) < 4.78 is 0. The average molecular weight is 192 g/mol. The van der Waals surface area contributed by atoms with Gasteiger partial charge in [0.1, 0.15) is 5.75 Å². The largest absolute Gasteiger partial charge is 0.507 e. The number of aromatic hydroxyl groups is 1. The summed E-state index contributed by atoms with van der Waals surface area (Å²) in [4.78, 5) is 10.6. The van der Waals surface area contributed by atoms with Crippen molar-refractivity contribution in [1.82, 2.24) is 0 Å². The Labute approximate surface area is 82.0 Å². The van der Waals surface area contributed by atoms with Crippen LogP contribution in [0.5, 0.6) is 5.75 Å². The number of carbonyl (C=O) groups excluding carboxylic acids is 1. The molecule has 0 spiro atoms. The van der Waals surface area contributed by atoms with Gasteiger partial charge in [0.05, 0.1) is 11.3 Å². The standard InChI is InChI=1S/C10H8O2S/c11-7-9-8(4-2-6-13)3-1-5-10(9)12/h1,3,5,7,12-13H,6H2. The molecule has 3 heteroatoms. The first-order chi connectivity index (χ1) is 6.29. The lowest BCUT2D eigenvalue weighted by atomic mass is 10.1. The van der Waals surface area contributed by atoms with Crippen LogP contribution in [0.3, 0.4) is 0 Å². The van der Waals surface area contributed by atoms with E-state index in [9.17, 15) is 9.90 Å². The number of thiol groups is 1. The van der Waals surface area contributed by atoms with Crippen LogP contribution in [-0.2, 0) is 0 Å². The lowest BCUT2D eigenvalue weighted by Crippen LogP contribution is -1.87. The Hall–Kier alpha value is -1.40. The highest BCUT2D eigenvalue weighted by atomic mass is 32.1. The molecule has 0 aliphatic heterocycles. The van der Waals surface area contributed by atoms with Gasteiger partial charge in [0.25, 0.3) is 0 Å². The number of rotatable bonds is 1. The summed E-state index contributed by atoms with van der Waals surface area (Å²) in [6.45, 7) is 0. The van der Waals surface area contributed by atoms with Crippen molar-refractivity contribution in [3.63, 3.8) is 0 Å². The highest BCUT2D eigenvalue weighted by molar-refractivity contribution is 7.80. The quantitative estimate of drug-likeness (QED) is 0.402. The van der Waals surface area contributed by atoms with Crippen molar-refractivity contribution in [3.05, 3.63) is 29.3 Å². The van der Waals surface area contributed by atoms with E-state index in [-0.39, 0.29) is 11.3 Å². The Morgan fingerprint density at radius 1 is 1.54 bits per heavy atom. The van der Waals surface area contributed by atoms with E-state index in [2.05, 4.69) is 24.5 Å². The van der Waals surface area contributed by atoms with Gasteiger partial charge in [0.15, 0.2) is 6.29 Å². The van der Waals surface area contributed by atoms with E-state index in [1.54, 1.807) is 12.1 Å². The lowest BCUT2D eigenvalue weighted by Gasteiger charge is -1.98. The van der Waals surface area contributed by atoms with Crippen LogP contribution in [0, 0.1) is 11.8 Å². The minimum absolute atomic E-state index is 0.0408. The number of carbonyl (C=O) groups is 1. The van der Waals surface area contributed by atoms with E-state index in [4.69, 9.17) is 0 Å². The van der Waals surface area contributed by atoms with Crippen LogP contribution < -0.4 is 0 Å². The molecule has 66 valence electrons. The molecular weight excluding hydrogens is 184 g/mol. The third-order valence-electron chi connectivity index (χ3n) is 1.50. The summed E-state index contributed by atoms with van der Waals surface area (Å²) in [7, 11) is 0. The molecule has 0 heterocycles. The van der Waals surface area contributed by atoms with Crippen molar-refractivity contribution in [2.45, 2.75) is 0 Å². The number of hydrogen-bond acceptors (Lipinski definition) is 3. The summed E-state index contributed by atoms with van der Waals surface area (Å²) in [5, 5.41) is 9.27. The summed E-state index contributed by atoms with van der Waals surface area (Å²) in [6.07, 6.45) is 0.595. The van der Waals surface area contributed by atoms with Crippen LogP contribution in [0.25, 0.3) is 0 Å². The van der Waals surface area contributed by atoms with Crippen LogP contribution in [-0.4, -0.2) is 17.1 Å². The number of phenolic OH excluding ortho intramolecular Hbond substituents is 1. The Kier molecular flexibility index (Phi) is 3.41. The Balaban J connectivity index is 3.20. The predicted octanol–water partition coefficient (Wildman–Crippen LogP) is 1.49. The van der Waals surface area contributed by atoms with Gasteiger partial charge in [-0.1, -0.05) is 17.9 Å². The normalized spacial score (nSPS) is 8.69. The SMILES string of the molecule is O=Cc1c(O)cccc1C#CCS. The zero-order chi connectivity index (χ0) is 9.68. The van der Waals surface area contributed by atoms with Gasteiger partial charge in [-0.3, -0.25) is 4.79 Å².